The van der Waals surface area contributed by atoms with E-state index in [1.807, 2.05) is 54.6 Å². The van der Waals surface area contributed by atoms with Crippen LogP contribution in [0.5, 0.6) is 11.8 Å². The third-order valence-corrected chi connectivity index (χ3v) is 3.50. The number of nitrogens with two attached hydrogens (primary N) is 1. The van der Waals surface area contributed by atoms with Crippen molar-refractivity contribution in [2.45, 2.75) is 6.54 Å². The largest absolute Gasteiger partial charge is 0.423 e. The van der Waals surface area contributed by atoms with Crippen LogP contribution < -0.4 is 15.9 Å². The number of hydrogen-bond donors (Lipinski definition) is 2. The van der Waals surface area contributed by atoms with Gasteiger partial charge in [0.1, 0.15) is 5.75 Å². The van der Waals surface area contributed by atoms with Crippen LogP contribution in [0.2, 0.25) is 0 Å². The van der Waals surface area contributed by atoms with Gasteiger partial charge in [-0.1, -0.05) is 40.5 Å². The van der Waals surface area contributed by atoms with Gasteiger partial charge in [0, 0.05) is 0 Å². The van der Waals surface area contributed by atoms with Crippen LogP contribution in [0.15, 0.2) is 54.6 Å². The van der Waals surface area contributed by atoms with E-state index in [9.17, 15) is 0 Å². The molecule has 0 atom stereocenters. The summed E-state index contributed by atoms with van der Waals surface area (Å²) in [4.78, 5) is 1.30. The number of tetrazole rings is 2. The zero-order valence-corrected chi connectivity index (χ0v) is 13.5. The molecule has 4 aromatic rings. The fraction of sp³-hybridized carbons (Fsp3) is 0.0667. The summed E-state index contributed by atoms with van der Waals surface area (Å²) in [6.07, 6.45) is 0. The molecule has 0 unspecified atom stereocenters. The second-order valence-corrected chi connectivity index (χ2v) is 5.24. The monoisotopic (exact) mass is 350 g/mol. The molecule has 0 fully saturated rings. The van der Waals surface area contributed by atoms with Crippen molar-refractivity contribution in [1.82, 2.24) is 40.5 Å². The molecule has 0 saturated heterocycles. The molecule has 130 valence electrons. The molecule has 2 aromatic carbocycles. The second-order valence-electron chi connectivity index (χ2n) is 5.24. The Bertz CT molecular complexity index is 979. The SMILES string of the molecule is Nc1nnnn1NCc1ccc(Oc2nnnn2-c2ccccc2)cc1. The Kier molecular flexibility index (Phi) is 4.08. The van der Waals surface area contributed by atoms with Crippen molar-refractivity contribution in [2.75, 3.05) is 11.2 Å². The molecule has 26 heavy (non-hydrogen) atoms. The first kappa shape index (κ1) is 15.5. The number of hydrogen-bond acceptors (Lipinski definition) is 9. The van der Waals surface area contributed by atoms with Crippen molar-refractivity contribution in [1.29, 1.82) is 0 Å². The summed E-state index contributed by atoms with van der Waals surface area (Å²) in [6.45, 7) is 0.497. The summed E-state index contributed by atoms with van der Waals surface area (Å²) in [7, 11) is 0. The molecule has 0 bridgehead atoms. The zero-order chi connectivity index (χ0) is 17.8. The molecule has 3 N–H and O–H groups in total. The Morgan fingerprint density at radius 2 is 1.69 bits per heavy atom. The standard InChI is InChI=1S/C15H14N10O/c16-14-18-20-23-25(14)17-10-11-6-8-13(9-7-11)26-15-19-21-22-24(15)12-4-2-1-3-5-12/h1-9,17H,10H2,(H2,16,18,23). The summed E-state index contributed by atoms with van der Waals surface area (Å²) in [5.74, 6) is 0.806. The fourth-order valence-corrected chi connectivity index (χ4v) is 2.23. The van der Waals surface area contributed by atoms with Crippen LogP contribution in [-0.4, -0.2) is 40.5 Å². The molecular formula is C15H14N10O. The quantitative estimate of drug-likeness (QED) is 0.517. The van der Waals surface area contributed by atoms with Gasteiger partial charge < -0.3 is 15.9 Å². The van der Waals surface area contributed by atoms with E-state index in [-0.39, 0.29) is 12.0 Å². The van der Waals surface area contributed by atoms with Gasteiger partial charge in [0.2, 0.25) is 0 Å². The van der Waals surface area contributed by atoms with Crippen LogP contribution >= 0.6 is 0 Å². The third-order valence-electron chi connectivity index (χ3n) is 3.50. The van der Waals surface area contributed by atoms with E-state index in [0.717, 1.165) is 11.3 Å². The Morgan fingerprint density at radius 1 is 0.923 bits per heavy atom. The lowest BCUT2D eigenvalue weighted by Crippen LogP contribution is -2.18. The van der Waals surface area contributed by atoms with Gasteiger partial charge in [0.25, 0.3) is 5.95 Å². The number of para-hydroxylation sites is 1. The van der Waals surface area contributed by atoms with Crippen molar-refractivity contribution in [2.24, 2.45) is 0 Å². The van der Waals surface area contributed by atoms with Crippen LogP contribution in [0, 0.1) is 0 Å². The average molecular weight is 350 g/mol. The van der Waals surface area contributed by atoms with E-state index in [1.165, 1.54) is 9.47 Å². The van der Waals surface area contributed by atoms with Crippen molar-refractivity contribution < 1.29 is 4.74 Å². The minimum Gasteiger partial charge on any atom is -0.423 e. The summed E-state index contributed by atoms with van der Waals surface area (Å²) < 4.78 is 7.30. The molecule has 0 aliphatic carbocycles. The Balaban J connectivity index is 1.44. The molecule has 2 aromatic heterocycles. The number of rotatable bonds is 6. The van der Waals surface area contributed by atoms with Crippen molar-refractivity contribution in [3.05, 3.63) is 60.2 Å². The summed E-state index contributed by atoms with van der Waals surface area (Å²) in [6, 6.07) is 17.2. The molecule has 11 nitrogen and oxygen atoms in total. The van der Waals surface area contributed by atoms with E-state index < -0.39 is 0 Å². The van der Waals surface area contributed by atoms with Crippen LogP contribution in [0.4, 0.5) is 5.95 Å². The lowest BCUT2D eigenvalue weighted by atomic mass is 10.2. The topological polar surface area (TPSA) is 134 Å². The van der Waals surface area contributed by atoms with Crippen LogP contribution in [0.25, 0.3) is 5.69 Å². The van der Waals surface area contributed by atoms with E-state index in [0.29, 0.717) is 12.3 Å². The summed E-state index contributed by atoms with van der Waals surface area (Å²) in [5.41, 5.74) is 10.4. The first-order valence-electron chi connectivity index (χ1n) is 7.68. The van der Waals surface area contributed by atoms with Crippen molar-refractivity contribution in [3.63, 3.8) is 0 Å². The van der Waals surface area contributed by atoms with Gasteiger partial charge >= 0.3 is 6.01 Å². The molecule has 2 heterocycles. The second kappa shape index (κ2) is 6.84. The zero-order valence-electron chi connectivity index (χ0n) is 13.5. The lowest BCUT2D eigenvalue weighted by molar-refractivity contribution is 0.427. The summed E-state index contributed by atoms with van der Waals surface area (Å²) >= 11 is 0. The highest BCUT2D eigenvalue weighted by molar-refractivity contribution is 5.34. The molecular weight excluding hydrogens is 336 g/mol. The normalized spacial score (nSPS) is 10.6. The van der Waals surface area contributed by atoms with Gasteiger partial charge in [-0.2, -0.15) is 4.68 Å². The molecule has 11 heteroatoms. The molecule has 0 radical (unpaired) electrons. The summed E-state index contributed by atoms with van der Waals surface area (Å²) in [5, 5.41) is 22.3. The molecule has 0 amide bonds. The van der Waals surface area contributed by atoms with Gasteiger partial charge in [0.05, 0.1) is 12.2 Å². The lowest BCUT2D eigenvalue weighted by Gasteiger charge is -2.08. The van der Waals surface area contributed by atoms with Gasteiger partial charge in [-0.3, -0.25) is 0 Å². The van der Waals surface area contributed by atoms with E-state index in [1.54, 1.807) is 0 Å². The highest BCUT2D eigenvalue weighted by atomic mass is 16.5. The number of nitrogen functional groups attached to an aromatic ring is 1. The fourth-order valence-electron chi connectivity index (χ4n) is 2.23. The van der Waals surface area contributed by atoms with Gasteiger partial charge in [-0.05, 0) is 50.7 Å². The highest BCUT2D eigenvalue weighted by Crippen LogP contribution is 2.21. The molecule has 0 aliphatic heterocycles. The van der Waals surface area contributed by atoms with Crippen LogP contribution in [-0.2, 0) is 6.54 Å². The predicted molar refractivity (Wildman–Crippen MR) is 91.0 cm³/mol. The third kappa shape index (κ3) is 3.26. The average Bonchev–Trinajstić information content (AvgIpc) is 3.31. The molecule has 0 aliphatic rings. The Morgan fingerprint density at radius 3 is 2.42 bits per heavy atom. The van der Waals surface area contributed by atoms with Crippen LogP contribution in [0.3, 0.4) is 0 Å². The highest BCUT2D eigenvalue weighted by Gasteiger charge is 2.10. The van der Waals surface area contributed by atoms with Gasteiger partial charge in [-0.15, -0.1) is 4.79 Å². The van der Waals surface area contributed by atoms with Gasteiger partial charge in [-0.25, -0.2) is 0 Å². The van der Waals surface area contributed by atoms with E-state index in [2.05, 4.69) is 36.5 Å². The maximum absolute atomic E-state index is 5.78. The maximum atomic E-state index is 5.78. The minimum atomic E-state index is 0.192. The smallest absolute Gasteiger partial charge is 0.345 e. The Hall–Kier alpha value is -4.02. The van der Waals surface area contributed by atoms with Crippen LogP contribution in [0.1, 0.15) is 5.56 Å². The van der Waals surface area contributed by atoms with E-state index >= 15 is 0 Å². The first-order valence-corrected chi connectivity index (χ1v) is 7.68. The number of nitrogens with one attached hydrogen (secondary N) is 1. The Labute approximate surface area is 147 Å². The first-order chi connectivity index (χ1) is 12.8. The number of ether oxygens (including phenoxy) is 1. The van der Waals surface area contributed by atoms with Crippen molar-refractivity contribution >= 4 is 5.95 Å². The minimum absolute atomic E-state index is 0.192. The number of benzene rings is 2. The number of anilines is 1. The number of nitrogens with zero attached hydrogens (tertiary/aromatic N) is 8. The van der Waals surface area contributed by atoms with Gasteiger partial charge in [0.15, 0.2) is 0 Å². The van der Waals surface area contributed by atoms with Crippen molar-refractivity contribution in [3.8, 4) is 17.4 Å². The number of aromatic nitrogens is 8. The molecule has 0 spiro atoms. The van der Waals surface area contributed by atoms with E-state index in [4.69, 9.17) is 10.5 Å². The maximum Gasteiger partial charge on any atom is 0.345 e. The molecule has 0 saturated carbocycles. The predicted octanol–water partition coefficient (Wildman–Crippen LogP) is 0.767. The molecule has 4 rings (SSSR count).